The molecular weight excluding hydrogens is 408 g/mol. The highest BCUT2D eigenvalue weighted by Gasteiger charge is 2.28. The maximum atomic E-state index is 12.2. The standard InChI is InChI=1S/C25H26N2O5/c1-5-27-13-16(10-15-11-21(31-3)22(32-4)12-20(15)30-2)24-18(14-27)23(25(28)29)17-8-6-7-9-19(17)26-24/h6-12H,5,13-14H2,1-4H3,(H,28,29)/b16-10+. The molecule has 1 N–H and O–H groups in total. The fraction of sp³-hybridized carbons (Fsp3) is 0.280. The number of carbonyl (C=O) groups is 1. The molecular formula is C25H26N2O5. The average Bonchev–Trinajstić information content (AvgIpc) is 2.81. The molecule has 0 radical (unpaired) electrons. The molecule has 4 rings (SSSR count). The summed E-state index contributed by atoms with van der Waals surface area (Å²) in [5, 5.41) is 12.8. The summed E-state index contributed by atoms with van der Waals surface area (Å²) in [6.07, 6.45) is 2.00. The van der Waals surface area contributed by atoms with Gasteiger partial charge in [0.1, 0.15) is 18.8 Å². The second-order valence-electron chi connectivity index (χ2n) is 7.69. The van der Waals surface area contributed by atoms with Crippen LogP contribution in [0.25, 0.3) is 22.6 Å². The summed E-state index contributed by atoms with van der Waals surface area (Å²) in [7, 11) is 4.76. The van der Waals surface area contributed by atoms with Crippen LogP contribution in [-0.4, -0.2) is 45.4 Å². The van der Waals surface area contributed by atoms with E-state index in [4.69, 9.17) is 19.2 Å². The van der Waals surface area contributed by atoms with Crippen LogP contribution in [0.15, 0.2) is 36.4 Å². The second-order valence-corrected chi connectivity index (χ2v) is 7.69. The predicted molar refractivity (Wildman–Crippen MR) is 120 cm³/mol. The number of benzene rings is 2. The summed E-state index contributed by atoms with van der Waals surface area (Å²) in [6, 6.07) is 10.9. The number of carboxylic acid groups (broad SMARTS) is 1. The van der Waals surface area contributed by atoms with Gasteiger partial charge in [-0.3, -0.25) is 0 Å². The lowest BCUT2D eigenvalue weighted by molar-refractivity contribution is -0.905. The molecule has 166 valence electrons. The molecule has 0 aliphatic carbocycles. The van der Waals surface area contributed by atoms with Gasteiger partial charge in [0.25, 0.3) is 0 Å². The van der Waals surface area contributed by atoms with Crippen LogP contribution in [0, 0.1) is 0 Å². The summed E-state index contributed by atoms with van der Waals surface area (Å²) in [4.78, 5) is 18.3. The molecule has 0 spiro atoms. The van der Waals surface area contributed by atoms with Crippen molar-refractivity contribution in [3.05, 3.63) is 58.8 Å². The Morgan fingerprint density at radius 2 is 1.75 bits per heavy atom. The van der Waals surface area contributed by atoms with E-state index in [2.05, 4.69) is 6.92 Å². The van der Waals surface area contributed by atoms with Crippen molar-refractivity contribution in [2.45, 2.75) is 13.5 Å². The summed E-state index contributed by atoms with van der Waals surface area (Å²) in [5.74, 6) is 0.596. The van der Waals surface area contributed by atoms with Crippen molar-refractivity contribution in [3.63, 3.8) is 0 Å². The quantitative estimate of drug-likeness (QED) is 0.634. The summed E-state index contributed by atoms with van der Waals surface area (Å²) in [5.41, 5.74) is 3.99. The van der Waals surface area contributed by atoms with Gasteiger partial charge in [-0.15, -0.1) is 0 Å². The minimum atomic E-state index is -1.18. The average molecular weight is 434 g/mol. The van der Waals surface area contributed by atoms with Crippen LogP contribution in [0.2, 0.25) is 0 Å². The Bertz CT molecular complexity index is 1220. The van der Waals surface area contributed by atoms with Crippen molar-refractivity contribution in [3.8, 4) is 17.2 Å². The van der Waals surface area contributed by atoms with E-state index in [0.717, 1.165) is 17.7 Å². The number of hydrogen-bond acceptors (Lipinski definition) is 6. The van der Waals surface area contributed by atoms with E-state index in [0.29, 0.717) is 52.5 Å². The lowest BCUT2D eigenvalue weighted by Gasteiger charge is -2.29. The van der Waals surface area contributed by atoms with Crippen molar-refractivity contribution >= 4 is 28.5 Å². The first kappa shape index (κ1) is 21.6. The number of para-hydroxylation sites is 1. The number of likely N-dealkylation sites (N-methyl/N-ethyl adjacent to an activating group) is 1. The molecule has 1 unspecified atom stereocenters. The first-order valence-corrected chi connectivity index (χ1v) is 10.5. The lowest BCUT2D eigenvalue weighted by atomic mass is 9.92. The molecule has 1 aromatic heterocycles. The van der Waals surface area contributed by atoms with Gasteiger partial charge in [-0.2, -0.15) is 0 Å². The number of nitrogens with zero attached hydrogens (tertiary/aromatic N) is 1. The molecule has 0 saturated carbocycles. The van der Waals surface area contributed by atoms with Gasteiger partial charge in [-0.25, -0.2) is 4.98 Å². The zero-order valence-corrected chi connectivity index (χ0v) is 18.7. The van der Waals surface area contributed by atoms with Gasteiger partial charge < -0.3 is 29.0 Å². The third kappa shape index (κ3) is 3.76. The summed E-state index contributed by atoms with van der Waals surface area (Å²) < 4.78 is 16.4. The van der Waals surface area contributed by atoms with Crippen LogP contribution in [0.4, 0.5) is 0 Å². The van der Waals surface area contributed by atoms with E-state index in [9.17, 15) is 9.90 Å². The molecule has 0 saturated heterocycles. The number of ether oxygens (including phenoxy) is 3. The van der Waals surface area contributed by atoms with E-state index < -0.39 is 5.97 Å². The van der Waals surface area contributed by atoms with Crippen LogP contribution in [0.5, 0.6) is 17.2 Å². The zero-order chi connectivity index (χ0) is 22.8. The molecule has 2 heterocycles. The number of fused-ring (bicyclic) bond motifs is 2. The topological polar surface area (TPSA) is 85.2 Å². The molecule has 1 aliphatic rings. The third-order valence-electron chi connectivity index (χ3n) is 5.93. The number of hydrogen-bond donors (Lipinski definition) is 1. The zero-order valence-electron chi connectivity index (χ0n) is 18.7. The number of carboxylic acids is 1. The van der Waals surface area contributed by atoms with E-state index >= 15 is 0 Å². The van der Waals surface area contributed by atoms with Gasteiger partial charge in [0.05, 0.1) is 45.1 Å². The van der Waals surface area contributed by atoms with Crippen molar-refractivity contribution in [2.75, 3.05) is 34.4 Å². The Morgan fingerprint density at radius 1 is 1.06 bits per heavy atom. The predicted octanol–water partition coefficient (Wildman–Crippen LogP) is 1.58. The number of carbonyl (C=O) groups excluding carboxylic acids is 1. The summed E-state index contributed by atoms with van der Waals surface area (Å²) in [6.45, 7) is 4.22. The van der Waals surface area contributed by atoms with Crippen molar-refractivity contribution < 1.29 is 29.0 Å². The minimum absolute atomic E-state index is 0.224. The molecule has 1 aliphatic heterocycles. The largest absolute Gasteiger partial charge is 0.545 e. The molecule has 7 nitrogen and oxygen atoms in total. The Labute approximate surface area is 186 Å². The van der Waals surface area contributed by atoms with Crippen LogP contribution >= 0.6 is 0 Å². The molecule has 0 fully saturated rings. The molecule has 0 amide bonds. The highest BCUT2D eigenvalue weighted by atomic mass is 16.5. The number of methoxy groups -OCH3 is 3. The monoisotopic (exact) mass is 434 g/mol. The van der Waals surface area contributed by atoms with E-state index in [-0.39, 0.29) is 5.56 Å². The van der Waals surface area contributed by atoms with Crippen LogP contribution in [0.1, 0.15) is 34.1 Å². The maximum Gasteiger partial charge on any atom is 0.164 e. The lowest BCUT2D eigenvalue weighted by Crippen LogP contribution is -3.11. The molecule has 32 heavy (non-hydrogen) atoms. The second kappa shape index (κ2) is 8.88. The van der Waals surface area contributed by atoms with Crippen molar-refractivity contribution in [2.24, 2.45) is 0 Å². The molecule has 0 bridgehead atoms. The Kier molecular flexibility index (Phi) is 6.01. The molecule has 2 aromatic carbocycles. The van der Waals surface area contributed by atoms with Gasteiger partial charge in [-0.05, 0) is 25.1 Å². The molecule has 3 aromatic rings. The number of quaternary nitrogens is 1. The van der Waals surface area contributed by atoms with Crippen molar-refractivity contribution in [1.29, 1.82) is 0 Å². The van der Waals surface area contributed by atoms with Gasteiger partial charge >= 0.3 is 0 Å². The van der Waals surface area contributed by atoms with Gasteiger partial charge in [0.15, 0.2) is 11.5 Å². The van der Waals surface area contributed by atoms with Crippen LogP contribution in [-0.2, 0) is 6.54 Å². The van der Waals surface area contributed by atoms with Gasteiger partial charge in [0.2, 0.25) is 0 Å². The molecule has 7 heteroatoms. The normalized spacial score (nSPS) is 16.6. The SMILES string of the molecule is CC[NH+]1C/C(=C\c2cc(OC)c(OC)cc2OC)c2nc3ccccc3c(C(=O)[O-])c2C1. The highest BCUT2D eigenvalue weighted by Crippen LogP contribution is 2.37. The smallest absolute Gasteiger partial charge is 0.164 e. The minimum Gasteiger partial charge on any atom is -0.545 e. The Morgan fingerprint density at radius 3 is 2.41 bits per heavy atom. The fourth-order valence-electron chi connectivity index (χ4n) is 4.31. The van der Waals surface area contributed by atoms with E-state index in [1.54, 1.807) is 33.5 Å². The van der Waals surface area contributed by atoms with Gasteiger partial charge in [0, 0.05) is 33.7 Å². The number of nitrogens with one attached hydrogen (secondary N) is 1. The number of aromatic carboxylic acids is 1. The molecule has 1 atom stereocenters. The first-order valence-electron chi connectivity index (χ1n) is 10.5. The first-order chi connectivity index (χ1) is 15.5. The number of aromatic nitrogens is 1. The highest BCUT2D eigenvalue weighted by molar-refractivity contribution is 6.05. The third-order valence-corrected chi connectivity index (χ3v) is 5.93. The van der Waals surface area contributed by atoms with Crippen LogP contribution < -0.4 is 24.2 Å². The fourth-order valence-corrected chi connectivity index (χ4v) is 4.31. The number of pyridine rings is 1. The number of rotatable bonds is 6. The van der Waals surface area contributed by atoms with E-state index in [1.165, 1.54) is 4.90 Å². The van der Waals surface area contributed by atoms with Crippen molar-refractivity contribution in [1.82, 2.24) is 4.98 Å². The Balaban J connectivity index is 1.98. The Hall–Kier alpha value is -3.58. The van der Waals surface area contributed by atoms with Crippen LogP contribution in [0.3, 0.4) is 0 Å². The van der Waals surface area contributed by atoms with E-state index in [1.807, 2.05) is 30.3 Å². The maximum absolute atomic E-state index is 12.2. The van der Waals surface area contributed by atoms with Gasteiger partial charge in [-0.1, -0.05) is 18.2 Å². The summed E-state index contributed by atoms with van der Waals surface area (Å²) >= 11 is 0.